The zero-order valence-corrected chi connectivity index (χ0v) is 18.0. The van der Waals surface area contributed by atoms with Gasteiger partial charge in [0.1, 0.15) is 0 Å². The highest BCUT2D eigenvalue weighted by atomic mass is 127. The molecule has 142 valence electrons. The highest BCUT2D eigenvalue weighted by Gasteiger charge is 1.98. The van der Waals surface area contributed by atoms with E-state index >= 15 is 0 Å². The summed E-state index contributed by atoms with van der Waals surface area (Å²) < 4.78 is 5.69. The maximum Gasteiger partial charge on any atom is 0.191 e. The molecule has 0 saturated carbocycles. The van der Waals surface area contributed by atoms with Gasteiger partial charge >= 0.3 is 0 Å². The van der Waals surface area contributed by atoms with Gasteiger partial charge in [-0.05, 0) is 30.9 Å². The molecule has 0 aromatic heterocycles. The Morgan fingerprint density at radius 2 is 1.65 bits per heavy atom. The van der Waals surface area contributed by atoms with E-state index in [0.29, 0.717) is 6.61 Å². The number of halogens is 1. The first-order chi connectivity index (χ1) is 12.3. The molecule has 0 atom stereocenters. The molecule has 2 N–H and O–H groups in total. The Bertz CT molecular complexity index is 629. The van der Waals surface area contributed by atoms with Gasteiger partial charge in [-0.15, -0.1) is 24.0 Å². The van der Waals surface area contributed by atoms with Crippen LogP contribution < -0.4 is 10.6 Å². The van der Waals surface area contributed by atoms with E-state index in [9.17, 15) is 0 Å². The summed E-state index contributed by atoms with van der Waals surface area (Å²) >= 11 is 0. The van der Waals surface area contributed by atoms with Crippen LogP contribution in [0.1, 0.15) is 29.5 Å². The number of hydrogen-bond donors (Lipinski definition) is 2. The third-order valence-corrected chi connectivity index (χ3v) is 3.92. The van der Waals surface area contributed by atoms with Crippen LogP contribution in [0.2, 0.25) is 0 Å². The van der Waals surface area contributed by atoms with Crippen LogP contribution in [0, 0.1) is 6.92 Å². The summed E-state index contributed by atoms with van der Waals surface area (Å²) in [5.41, 5.74) is 3.75. The molecule has 0 fully saturated rings. The molecule has 0 spiro atoms. The minimum atomic E-state index is 0. The van der Waals surface area contributed by atoms with Gasteiger partial charge in [-0.1, -0.05) is 60.2 Å². The fourth-order valence-corrected chi connectivity index (χ4v) is 2.41. The molecule has 2 aromatic rings. The van der Waals surface area contributed by atoms with Crippen molar-refractivity contribution in [1.82, 2.24) is 10.6 Å². The number of benzene rings is 2. The number of unbranched alkanes of at least 4 members (excludes halogenated alkanes) is 1. The quantitative estimate of drug-likeness (QED) is 0.251. The Balaban J connectivity index is 0.00000338. The standard InChI is InChI=1S/C21H29N3O.HI/c1-18-10-12-19(13-11-18)16-24-21(22-2)23-14-6-7-15-25-17-20-8-4-3-5-9-20;/h3-5,8-13H,6-7,14-17H2,1-2H3,(H2,22,23,24);1H. The van der Waals surface area contributed by atoms with E-state index in [-0.39, 0.29) is 24.0 Å². The fourth-order valence-electron chi connectivity index (χ4n) is 2.41. The van der Waals surface area contributed by atoms with Crippen molar-refractivity contribution >= 4 is 29.9 Å². The van der Waals surface area contributed by atoms with Crippen molar-refractivity contribution in [2.75, 3.05) is 20.2 Å². The molecule has 0 heterocycles. The molecule has 5 heteroatoms. The van der Waals surface area contributed by atoms with Crippen molar-refractivity contribution < 1.29 is 4.74 Å². The lowest BCUT2D eigenvalue weighted by Crippen LogP contribution is -2.37. The van der Waals surface area contributed by atoms with Gasteiger partial charge in [-0.25, -0.2) is 0 Å². The number of ether oxygens (including phenoxy) is 1. The summed E-state index contributed by atoms with van der Waals surface area (Å²) in [6.07, 6.45) is 2.09. The van der Waals surface area contributed by atoms with Crippen molar-refractivity contribution in [3.63, 3.8) is 0 Å². The Morgan fingerprint density at radius 3 is 2.35 bits per heavy atom. The molecule has 0 unspecified atom stereocenters. The normalized spacial score (nSPS) is 10.9. The van der Waals surface area contributed by atoms with Crippen LogP contribution >= 0.6 is 24.0 Å². The van der Waals surface area contributed by atoms with E-state index in [1.165, 1.54) is 16.7 Å². The van der Waals surface area contributed by atoms with Gasteiger partial charge in [0.15, 0.2) is 5.96 Å². The summed E-state index contributed by atoms with van der Waals surface area (Å²) in [7, 11) is 1.80. The lowest BCUT2D eigenvalue weighted by atomic mass is 10.1. The molecule has 4 nitrogen and oxygen atoms in total. The zero-order valence-electron chi connectivity index (χ0n) is 15.7. The number of hydrogen-bond acceptors (Lipinski definition) is 2. The predicted molar refractivity (Wildman–Crippen MR) is 120 cm³/mol. The summed E-state index contributed by atoms with van der Waals surface area (Å²) in [6.45, 7) is 5.24. The summed E-state index contributed by atoms with van der Waals surface area (Å²) in [5, 5.41) is 6.68. The SMILES string of the molecule is CN=C(NCCCCOCc1ccccc1)NCc1ccc(C)cc1.I. The van der Waals surface area contributed by atoms with Crippen LogP contribution in [0.5, 0.6) is 0 Å². The molecule has 0 aliphatic rings. The lowest BCUT2D eigenvalue weighted by Gasteiger charge is -2.12. The molecular weight excluding hydrogens is 437 g/mol. The molecule has 0 aliphatic carbocycles. The third kappa shape index (κ3) is 9.20. The van der Waals surface area contributed by atoms with Crippen LogP contribution in [-0.2, 0) is 17.9 Å². The van der Waals surface area contributed by atoms with Crippen molar-refractivity contribution in [2.24, 2.45) is 4.99 Å². The molecule has 0 aliphatic heterocycles. The Labute approximate surface area is 174 Å². The van der Waals surface area contributed by atoms with E-state index < -0.39 is 0 Å². The maximum absolute atomic E-state index is 5.69. The zero-order chi connectivity index (χ0) is 17.7. The van der Waals surface area contributed by atoms with E-state index in [4.69, 9.17) is 4.74 Å². The number of nitrogens with one attached hydrogen (secondary N) is 2. The molecule has 26 heavy (non-hydrogen) atoms. The van der Waals surface area contributed by atoms with Crippen molar-refractivity contribution in [3.05, 3.63) is 71.3 Å². The van der Waals surface area contributed by atoms with Gasteiger partial charge < -0.3 is 15.4 Å². The van der Waals surface area contributed by atoms with Crippen LogP contribution in [0.4, 0.5) is 0 Å². The minimum absolute atomic E-state index is 0. The Kier molecular flexibility index (Phi) is 11.7. The Hall–Kier alpha value is -1.60. The van der Waals surface area contributed by atoms with Crippen molar-refractivity contribution in [1.29, 1.82) is 0 Å². The number of rotatable bonds is 9. The summed E-state index contributed by atoms with van der Waals surface area (Å²) in [5.74, 6) is 0.839. The highest BCUT2D eigenvalue weighted by Crippen LogP contribution is 2.03. The van der Waals surface area contributed by atoms with E-state index in [1.807, 2.05) is 18.2 Å². The molecule has 0 saturated heterocycles. The average Bonchev–Trinajstić information content (AvgIpc) is 2.65. The molecule has 2 rings (SSSR count). The number of nitrogens with zero attached hydrogens (tertiary/aromatic N) is 1. The van der Waals surface area contributed by atoms with Crippen molar-refractivity contribution in [2.45, 2.75) is 32.9 Å². The second kappa shape index (κ2) is 13.6. The topological polar surface area (TPSA) is 45.7 Å². The minimum Gasteiger partial charge on any atom is -0.377 e. The summed E-state index contributed by atoms with van der Waals surface area (Å²) in [4.78, 5) is 4.26. The predicted octanol–water partition coefficient (Wildman–Crippen LogP) is 4.28. The van der Waals surface area contributed by atoms with E-state index in [0.717, 1.165) is 38.5 Å². The molecular formula is C21H30IN3O. The van der Waals surface area contributed by atoms with Crippen LogP contribution in [0.25, 0.3) is 0 Å². The van der Waals surface area contributed by atoms with Crippen LogP contribution in [0.15, 0.2) is 59.6 Å². The molecule has 0 bridgehead atoms. The third-order valence-electron chi connectivity index (χ3n) is 3.92. The van der Waals surface area contributed by atoms with E-state index in [2.05, 4.69) is 58.9 Å². The Morgan fingerprint density at radius 1 is 0.923 bits per heavy atom. The monoisotopic (exact) mass is 467 g/mol. The van der Waals surface area contributed by atoms with Crippen molar-refractivity contribution in [3.8, 4) is 0 Å². The number of aryl methyl sites for hydroxylation is 1. The van der Waals surface area contributed by atoms with E-state index in [1.54, 1.807) is 7.05 Å². The largest absolute Gasteiger partial charge is 0.377 e. The fraction of sp³-hybridized carbons (Fsp3) is 0.381. The highest BCUT2D eigenvalue weighted by molar-refractivity contribution is 14.0. The van der Waals surface area contributed by atoms with Gasteiger partial charge in [-0.2, -0.15) is 0 Å². The number of aliphatic imine (C=N–C) groups is 1. The molecule has 0 amide bonds. The second-order valence-corrected chi connectivity index (χ2v) is 6.08. The number of guanidine groups is 1. The first-order valence-electron chi connectivity index (χ1n) is 8.89. The van der Waals surface area contributed by atoms with Crippen LogP contribution in [0.3, 0.4) is 0 Å². The first kappa shape index (κ1) is 22.4. The smallest absolute Gasteiger partial charge is 0.191 e. The van der Waals surface area contributed by atoms with Gasteiger partial charge in [0, 0.05) is 26.7 Å². The van der Waals surface area contributed by atoms with Gasteiger partial charge in [0.05, 0.1) is 6.61 Å². The van der Waals surface area contributed by atoms with Gasteiger partial charge in [0.2, 0.25) is 0 Å². The molecule has 0 radical (unpaired) electrons. The maximum atomic E-state index is 5.69. The summed E-state index contributed by atoms with van der Waals surface area (Å²) in [6, 6.07) is 18.8. The van der Waals surface area contributed by atoms with Gasteiger partial charge in [-0.3, -0.25) is 4.99 Å². The van der Waals surface area contributed by atoms with Gasteiger partial charge in [0.25, 0.3) is 0 Å². The lowest BCUT2D eigenvalue weighted by molar-refractivity contribution is 0.117. The molecule has 2 aromatic carbocycles. The first-order valence-corrected chi connectivity index (χ1v) is 8.89. The van der Waals surface area contributed by atoms with Crippen LogP contribution in [-0.4, -0.2) is 26.2 Å². The average molecular weight is 467 g/mol. The second-order valence-electron chi connectivity index (χ2n) is 6.08.